The number of nitrogens with zero attached hydrogens (tertiary/aromatic N) is 1. The largest absolute Gasteiger partial charge is 0.453 e. The van der Waals surface area contributed by atoms with E-state index in [1.807, 2.05) is 50.4 Å². The molecule has 1 saturated carbocycles. The highest BCUT2D eigenvalue weighted by Gasteiger charge is 2.52. The van der Waals surface area contributed by atoms with Gasteiger partial charge in [-0.05, 0) is 42.9 Å². The second-order valence-electron chi connectivity index (χ2n) is 11.5. The Morgan fingerprint density at radius 3 is 2.32 bits per heavy atom. The van der Waals surface area contributed by atoms with E-state index >= 15 is 0 Å². The number of thioether (sulfide) groups is 1. The topological polar surface area (TPSA) is 100 Å². The van der Waals surface area contributed by atoms with Gasteiger partial charge in [-0.1, -0.05) is 55.8 Å². The smallest absolute Gasteiger partial charge is 0.338 e. The van der Waals surface area contributed by atoms with Crippen molar-refractivity contribution in [3.8, 4) is 0 Å². The van der Waals surface area contributed by atoms with Crippen LogP contribution in [0.15, 0.2) is 59.6 Å². The summed E-state index contributed by atoms with van der Waals surface area (Å²) in [5.74, 6) is -1.79. The molecule has 41 heavy (non-hydrogen) atoms. The predicted molar refractivity (Wildman–Crippen MR) is 156 cm³/mol. The molecule has 2 aliphatic heterocycles. The summed E-state index contributed by atoms with van der Waals surface area (Å²) >= 11 is 7.44. The molecule has 0 spiro atoms. The number of esters is 1. The first kappa shape index (κ1) is 29.9. The molecule has 0 bridgehead atoms. The lowest BCUT2D eigenvalue weighted by Crippen LogP contribution is -2.62. The van der Waals surface area contributed by atoms with Gasteiger partial charge >= 0.3 is 5.97 Å². The fraction of sp³-hybridized carbons (Fsp3) is 0.484. The fourth-order valence-corrected chi connectivity index (χ4v) is 6.62. The molecule has 218 valence electrons. The summed E-state index contributed by atoms with van der Waals surface area (Å²) in [6, 6.07) is 15.2. The molecule has 2 heterocycles. The van der Waals surface area contributed by atoms with E-state index in [9.17, 15) is 14.4 Å². The second kappa shape index (κ2) is 12.4. The van der Waals surface area contributed by atoms with Gasteiger partial charge in [0.2, 0.25) is 0 Å². The molecule has 0 radical (unpaired) electrons. The van der Waals surface area contributed by atoms with Crippen molar-refractivity contribution in [1.82, 2.24) is 0 Å². The highest BCUT2D eigenvalue weighted by atomic mass is 35.5. The summed E-state index contributed by atoms with van der Waals surface area (Å²) < 4.78 is 24.9. The monoisotopic (exact) mass is 599 g/mol. The number of rotatable bonds is 6. The van der Waals surface area contributed by atoms with Crippen molar-refractivity contribution in [2.24, 2.45) is 16.3 Å². The number of aliphatic imine (C=N–C) groups is 1. The van der Waals surface area contributed by atoms with Crippen LogP contribution in [0.25, 0.3) is 0 Å². The molecule has 2 aromatic rings. The van der Waals surface area contributed by atoms with Gasteiger partial charge in [0.25, 0.3) is 0 Å². The van der Waals surface area contributed by atoms with Gasteiger partial charge in [-0.25, -0.2) is 4.79 Å². The normalized spacial score (nSPS) is 30.5. The van der Waals surface area contributed by atoms with Crippen LogP contribution in [0.1, 0.15) is 55.8 Å². The van der Waals surface area contributed by atoms with Crippen molar-refractivity contribution < 1.29 is 33.3 Å². The zero-order valence-corrected chi connectivity index (χ0v) is 25.0. The van der Waals surface area contributed by atoms with Crippen molar-refractivity contribution >= 4 is 46.6 Å². The van der Waals surface area contributed by atoms with Crippen LogP contribution in [0.5, 0.6) is 0 Å². The van der Waals surface area contributed by atoms with Crippen molar-refractivity contribution in [2.45, 2.75) is 69.7 Å². The zero-order chi connectivity index (χ0) is 29.3. The summed E-state index contributed by atoms with van der Waals surface area (Å²) in [6.07, 6.45) is -0.363. The lowest BCUT2D eigenvalue weighted by molar-refractivity contribution is -0.304. The second-order valence-corrected chi connectivity index (χ2v) is 12.8. The van der Waals surface area contributed by atoms with Crippen molar-refractivity contribution in [3.05, 3.63) is 70.7 Å². The van der Waals surface area contributed by atoms with Gasteiger partial charge in [-0.2, -0.15) is 0 Å². The van der Waals surface area contributed by atoms with Crippen molar-refractivity contribution in [3.63, 3.8) is 0 Å². The molecule has 3 aliphatic rings. The Bertz CT molecular complexity index is 1300. The first-order valence-electron chi connectivity index (χ1n) is 13.6. The minimum absolute atomic E-state index is 0.149. The molecule has 0 N–H and O–H groups in total. The van der Waals surface area contributed by atoms with Crippen LogP contribution in [0.3, 0.4) is 0 Å². The highest BCUT2D eigenvalue weighted by molar-refractivity contribution is 7.99. The van der Waals surface area contributed by atoms with Crippen LogP contribution in [0.4, 0.5) is 0 Å². The lowest BCUT2D eigenvalue weighted by Gasteiger charge is -2.48. The number of carbonyl (C=O) groups excluding carboxylic acids is 3. The molecule has 2 saturated heterocycles. The molecule has 2 aromatic carbocycles. The molecule has 1 unspecified atom stereocenters. The molecule has 0 aromatic heterocycles. The molecular weight excluding hydrogens is 566 g/mol. The van der Waals surface area contributed by atoms with Crippen LogP contribution in [0.2, 0.25) is 5.02 Å². The highest BCUT2D eigenvalue weighted by Crippen LogP contribution is 2.40. The van der Waals surface area contributed by atoms with E-state index in [4.69, 9.17) is 35.5 Å². The standard InChI is InChI=1S/C31H34ClNO7S/c1-17(24-21(34)14-31(2,3)15-22(24)35)33-25-27(39-28(36)18-10-12-20(32)13-11-18)26-23(38-30(25)41-4)16-37-29(40-26)19-8-6-5-7-9-19/h5-13,23-27,29-30H,14-16H2,1-4H3/t23-,25-,26-,27-,29?,30+/m1/s1. The minimum atomic E-state index is -0.927. The van der Waals surface area contributed by atoms with E-state index in [1.165, 1.54) is 11.8 Å². The number of carbonyl (C=O) groups is 3. The molecule has 1 aliphatic carbocycles. The zero-order valence-electron chi connectivity index (χ0n) is 23.5. The van der Waals surface area contributed by atoms with E-state index in [-0.39, 0.29) is 23.6 Å². The number of halogens is 1. The number of benzene rings is 2. The quantitative estimate of drug-likeness (QED) is 0.245. The van der Waals surface area contributed by atoms with Crippen LogP contribution in [0, 0.1) is 11.3 Å². The number of fused-ring (bicyclic) bond motifs is 1. The Morgan fingerprint density at radius 1 is 1.02 bits per heavy atom. The van der Waals surface area contributed by atoms with Gasteiger partial charge < -0.3 is 18.9 Å². The van der Waals surface area contributed by atoms with Gasteiger partial charge in [0.15, 0.2) is 12.4 Å². The predicted octanol–water partition coefficient (Wildman–Crippen LogP) is 5.47. The van der Waals surface area contributed by atoms with Crippen LogP contribution >= 0.6 is 23.4 Å². The van der Waals surface area contributed by atoms with Gasteiger partial charge in [0.1, 0.15) is 41.2 Å². The molecule has 10 heteroatoms. The van der Waals surface area contributed by atoms with Crippen LogP contribution in [-0.2, 0) is 28.5 Å². The summed E-state index contributed by atoms with van der Waals surface area (Å²) in [5.41, 5.74) is 0.607. The maximum absolute atomic E-state index is 13.4. The van der Waals surface area contributed by atoms with Crippen molar-refractivity contribution in [2.75, 3.05) is 12.9 Å². The molecule has 6 atom stereocenters. The maximum Gasteiger partial charge on any atom is 0.338 e. The summed E-state index contributed by atoms with van der Waals surface area (Å²) in [5, 5.41) is 0.497. The number of ether oxygens (including phenoxy) is 4. The first-order valence-corrected chi connectivity index (χ1v) is 15.3. The Morgan fingerprint density at radius 2 is 1.68 bits per heavy atom. The van der Waals surface area contributed by atoms with E-state index in [2.05, 4.69) is 0 Å². The first-order chi connectivity index (χ1) is 19.6. The van der Waals surface area contributed by atoms with Gasteiger partial charge in [-0.3, -0.25) is 14.6 Å². The van der Waals surface area contributed by atoms with Crippen molar-refractivity contribution in [1.29, 1.82) is 0 Å². The van der Waals surface area contributed by atoms with Crippen LogP contribution in [-0.4, -0.2) is 65.9 Å². The summed E-state index contributed by atoms with van der Waals surface area (Å²) in [7, 11) is 0. The number of Topliss-reactive ketones (excluding diaryl/α,β-unsaturated/α-hetero) is 2. The molecule has 0 amide bonds. The maximum atomic E-state index is 13.4. The Hall–Kier alpha value is -2.56. The molecular formula is C31H34ClNO7S. The summed E-state index contributed by atoms with van der Waals surface area (Å²) in [4.78, 5) is 44.5. The van der Waals surface area contributed by atoms with Gasteiger partial charge in [0.05, 0.1) is 12.2 Å². The average Bonchev–Trinajstić information content (AvgIpc) is 2.93. The fourth-order valence-electron chi connectivity index (χ4n) is 5.75. The van der Waals surface area contributed by atoms with E-state index in [0.717, 1.165) is 5.56 Å². The van der Waals surface area contributed by atoms with Crippen LogP contribution < -0.4 is 0 Å². The van der Waals surface area contributed by atoms with E-state index in [0.29, 0.717) is 29.1 Å². The number of hydrogen-bond acceptors (Lipinski definition) is 9. The van der Waals surface area contributed by atoms with E-state index in [1.54, 1.807) is 31.2 Å². The lowest BCUT2D eigenvalue weighted by atomic mass is 9.70. The third-order valence-corrected chi connectivity index (χ3v) is 8.76. The summed E-state index contributed by atoms with van der Waals surface area (Å²) in [6.45, 7) is 5.75. The van der Waals surface area contributed by atoms with Gasteiger partial charge in [-0.15, -0.1) is 11.8 Å². The van der Waals surface area contributed by atoms with Gasteiger partial charge in [0, 0.05) is 29.1 Å². The molecule has 3 fully saturated rings. The Labute approximate surface area is 249 Å². The number of ketones is 2. The molecule has 8 nitrogen and oxygen atoms in total. The van der Waals surface area contributed by atoms with E-state index < -0.39 is 48.0 Å². The minimum Gasteiger partial charge on any atom is -0.453 e. The third kappa shape index (κ3) is 6.60. The number of hydrogen-bond donors (Lipinski definition) is 0. The third-order valence-electron chi connectivity index (χ3n) is 7.65. The Kier molecular flexibility index (Phi) is 9.01. The molecule has 5 rings (SSSR count). The Balaban J connectivity index is 1.50. The average molecular weight is 600 g/mol. The SMILES string of the molecule is CS[C@@H]1O[C@@H]2COC(c3ccccc3)O[C@H]2[C@H](OC(=O)c2ccc(Cl)cc2)[C@H]1N=C(C)C1C(=O)CC(C)(C)CC1=O.